The summed E-state index contributed by atoms with van der Waals surface area (Å²) in [6.07, 6.45) is 0. The Balaban J connectivity index is 2.30. The Bertz CT molecular complexity index is 563. The minimum atomic E-state index is -0.0271. The number of pyridine rings is 1. The summed E-state index contributed by atoms with van der Waals surface area (Å²) in [6.45, 7) is 1.84. The lowest BCUT2D eigenvalue weighted by Gasteiger charge is -2.07. The Morgan fingerprint density at radius 1 is 1.25 bits per heavy atom. The molecule has 2 N–H and O–H groups in total. The van der Waals surface area contributed by atoms with Crippen LogP contribution in [0.3, 0.4) is 0 Å². The monoisotopic (exact) mass is 234 g/mol. The number of aromatic amines is 1. The summed E-state index contributed by atoms with van der Waals surface area (Å²) < 4.78 is 0. The lowest BCUT2D eigenvalue weighted by atomic mass is 10.3. The van der Waals surface area contributed by atoms with Crippen LogP contribution >= 0.6 is 11.6 Å². The van der Waals surface area contributed by atoms with Crippen LogP contribution in [0.15, 0.2) is 41.2 Å². The van der Waals surface area contributed by atoms with E-state index in [-0.39, 0.29) is 5.43 Å². The van der Waals surface area contributed by atoms with Gasteiger partial charge >= 0.3 is 0 Å². The average molecular weight is 235 g/mol. The van der Waals surface area contributed by atoms with Crippen LogP contribution in [-0.2, 0) is 0 Å². The van der Waals surface area contributed by atoms with E-state index in [0.717, 1.165) is 11.4 Å². The third-order valence-electron chi connectivity index (χ3n) is 2.08. The van der Waals surface area contributed by atoms with Crippen molar-refractivity contribution in [3.8, 4) is 0 Å². The Hall–Kier alpha value is -1.74. The summed E-state index contributed by atoms with van der Waals surface area (Å²) in [5, 5.41) is 3.74. The van der Waals surface area contributed by atoms with Gasteiger partial charge in [0, 0.05) is 28.5 Å². The van der Waals surface area contributed by atoms with Gasteiger partial charge in [-0.05, 0) is 25.1 Å². The van der Waals surface area contributed by atoms with E-state index >= 15 is 0 Å². The molecule has 0 radical (unpaired) electrons. The van der Waals surface area contributed by atoms with E-state index in [0.29, 0.717) is 10.8 Å². The smallest absolute Gasteiger partial charge is 0.183 e. The summed E-state index contributed by atoms with van der Waals surface area (Å²) in [6, 6.07) is 10.4. The number of hydrogen-bond acceptors (Lipinski definition) is 2. The Labute approximate surface area is 98.1 Å². The molecule has 82 valence electrons. The van der Waals surface area contributed by atoms with E-state index in [1.54, 1.807) is 18.2 Å². The van der Waals surface area contributed by atoms with Crippen LogP contribution in [0.4, 0.5) is 11.5 Å². The summed E-state index contributed by atoms with van der Waals surface area (Å²) >= 11 is 5.86. The van der Waals surface area contributed by atoms with Crippen LogP contribution < -0.4 is 10.7 Å². The number of rotatable bonds is 2. The topological polar surface area (TPSA) is 44.9 Å². The van der Waals surface area contributed by atoms with Crippen molar-refractivity contribution in [1.29, 1.82) is 0 Å². The maximum Gasteiger partial charge on any atom is 0.183 e. The highest BCUT2D eigenvalue weighted by molar-refractivity contribution is 6.30. The minimum absolute atomic E-state index is 0.0271. The highest BCUT2D eigenvalue weighted by Crippen LogP contribution is 2.18. The first-order chi connectivity index (χ1) is 7.63. The van der Waals surface area contributed by atoms with Gasteiger partial charge in [-0.1, -0.05) is 17.7 Å². The molecule has 3 nitrogen and oxygen atoms in total. The van der Waals surface area contributed by atoms with Crippen molar-refractivity contribution >= 4 is 23.1 Å². The van der Waals surface area contributed by atoms with Crippen LogP contribution in [0.25, 0.3) is 0 Å². The van der Waals surface area contributed by atoms with Gasteiger partial charge in [0.05, 0.1) is 0 Å². The molecule has 0 fully saturated rings. The standard InChI is InChI=1S/C12H11ClN2O/c1-8-5-11(16)7-12(14-8)15-10-4-2-3-9(13)6-10/h2-7H,1H3,(H2,14,15,16). The van der Waals surface area contributed by atoms with Gasteiger partial charge in [-0.25, -0.2) is 0 Å². The molecular weight excluding hydrogens is 224 g/mol. The van der Waals surface area contributed by atoms with Gasteiger partial charge in [0.25, 0.3) is 0 Å². The van der Waals surface area contributed by atoms with Gasteiger partial charge in [-0.2, -0.15) is 0 Å². The summed E-state index contributed by atoms with van der Waals surface area (Å²) in [5.41, 5.74) is 1.63. The molecule has 16 heavy (non-hydrogen) atoms. The first-order valence-corrected chi connectivity index (χ1v) is 5.25. The van der Waals surface area contributed by atoms with Gasteiger partial charge in [-0.3, -0.25) is 4.79 Å². The molecule has 2 rings (SSSR count). The zero-order valence-electron chi connectivity index (χ0n) is 8.75. The van der Waals surface area contributed by atoms with Crippen LogP contribution in [0.1, 0.15) is 5.69 Å². The molecule has 1 aromatic heterocycles. The maximum atomic E-state index is 11.3. The first kappa shape index (κ1) is 10.8. The molecular formula is C12H11ClN2O. The van der Waals surface area contributed by atoms with Crippen molar-refractivity contribution in [2.24, 2.45) is 0 Å². The molecule has 0 aliphatic heterocycles. The summed E-state index contributed by atoms with van der Waals surface area (Å²) in [5.74, 6) is 0.660. The Morgan fingerprint density at radius 3 is 2.75 bits per heavy atom. The van der Waals surface area contributed by atoms with Crippen molar-refractivity contribution in [3.05, 3.63) is 57.3 Å². The molecule has 0 bridgehead atoms. The second-order valence-electron chi connectivity index (χ2n) is 3.55. The third-order valence-corrected chi connectivity index (χ3v) is 2.32. The summed E-state index contributed by atoms with van der Waals surface area (Å²) in [4.78, 5) is 14.3. The van der Waals surface area contributed by atoms with Crippen LogP contribution in [-0.4, -0.2) is 4.98 Å². The fourth-order valence-corrected chi connectivity index (χ4v) is 1.66. The van der Waals surface area contributed by atoms with Gasteiger partial charge in [-0.15, -0.1) is 0 Å². The van der Waals surface area contributed by atoms with Crippen molar-refractivity contribution in [3.63, 3.8) is 0 Å². The first-order valence-electron chi connectivity index (χ1n) is 4.87. The SMILES string of the molecule is Cc1cc(=O)cc(Nc2cccc(Cl)c2)[nH]1. The number of anilines is 2. The minimum Gasteiger partial charge on any atom is -0.345 e. The molecule has 0 saturated heterocycles. The second kappa shape index (κ2) is 4.41. The lowest BCUT2D eigenvalue weighted by molar-refractivity contribution is 1.18. The van der Waals surface area contributed by atoms with E-state index in [1.165, 1.54) is 6.07 Å². The summed E-state index contributed by atoms with van der Waals surface area (Å²) in [7, 11) is 0. The second-order valence-corrected chi connectivity index (χ2v) is 3.98. The van der Waals surface area contributed by atoms with Crippen molar-refractivity contribution in [1.82, 2.24) is 4.98 Å². The number of aromatic nitrogens is 1. The molecule has 0 atom stereocenters. The fraction of sp³-hybridized carbons (Fsp3) is 0.0833. The molecule has 1 heterocycles. The Kier molecular flexibility index (Phi) is 2.97. The van der Waals surface area contributed by atoms with Gasteiger partial charge in [0.15, 0.2) is 5.43 Å². The van der Waals surface area contributed by atoms with Crippen LogP contribution in [0, 0.1) is 6.92 Å². The van der Waals surface area contributed by atoms with Gasteiger partial charge < -0.3 is 10.3 Å². The van der Waals surface area contributed by atoms with E-state index in [2.05, 4.69) is 10.3 Å². The van der Waals surface area contributed by atoms with Gasteiger partial charge in [0.2, 0.25) is 0 Å². The molecule has 0 aliphatic rings. The van der Waals surface area contributed by atoms with E-state index in [4.69, 9.17) is 11.6 Å². The normalized spacial score (nSPS) is 10.1. The van der Waals surface area contributed by atoms with E-state index in [9.17, 15) is 4.79 Å². The zero-order chi connectivity index (χ0) is 11.5. The molecule has 0 unspecified atom stereocenters. The molecule has 2 aromatic rings. The number of halogens is 1. The molecule has 0 saturated carbocycles. The van der Waals surface area contributed by atoms with Crippen molar-refractivity contribution < 1.29 is 0 Å². The Morgan fingerprint density at radius 2 is 2.06 bits per heavy atom. The van der Waals surface area contributed by atoms with Gasteiger partial charge in [0.1, 0.15) is 5.82 Å². The average Bonchev–Trinajstić information content (AvgIpc) is 2.15. The predicted molar refractivity (Wildman–Crippen MR) is 66.5 cm³/mol. The number of hydrogen-bond donors (Lipinski definition) is 2. The molecule has 0 aliphatic carbocycles. The predicted octanol–water partition coefficient (Wildman–Crippen LogP) is 3.08. The number of H-pyrrole nitrogens is 1. The van der Waals surface area contributed by atoms with Crippen LogP contribution in [0.2, 0.25) is 5.02 Å². The maximum absolute atomic E-state index is 11.3. The highest BCUT2D eigenvalue weighted by Gasteiger charge is 1.97. The molecule has 4 heteroatoms. The highest BCUT2D eigenvalue weighted by atomic mass is 35.5. The van der Waals surface area contributed by atoms with Crippen molar-refractivity contribution in [2.75, 3.05) is 5.32 Å². The zero-order valence-corrected chi connectivity index (χ0v) is 9.51. The number of benzene rings is 1. The van der Waals surface area contributed by atoms with E-state index < -0.39 is 0 Å². The fourth-order valence-electron chi connectivity index (χ4n) is 1.47. The molecule has 0 spiro atoms. The lowest BCUT2D eigenvalue weighted by Crippen LogP contribution is -2.04. The quantitative estimate of drug-likeness (QED) is 0.839. The largest absolute Gasteiger partial charge is 0.345 e. The third kappa shape index (κ3) is 2.64. The van der Waals surface area contributed by atoms with Crippen molar-refractivity contribution in [2.45, 2.75) is 6.92 Å². The molecule has 0 amide bonds. The van der Waals surface area contributed by atoms with Crippen LogP contribution in [0.5, 0.6) is 0 Å². The van der Waals surface area contributed by atoms with E-state index in [1.807, 2.05) is 19.1 Å². The molecule has 1 aromatic carbocycles. The number of aryl methyl sites for hydroxylation is 1. The number of nitrogens with one attached hydrogen (secondary N) is 2.